The molecule has 0 aromatic carbocycles. The Labute approximate surface area is 256 Å². The molecule has 2 saturated carbocycles. The SMILES string of the molecule is NCCN(O)C(=O)N[C@@H]1C[C@H](N)C([C@H]2O[C@H](CN)[C@@H](O)C[C@H]2NCC2CC(N)C2)[C@H](O)[C@H]1O[C@H]1O[C@H](CO)[C@@H](O)[C@H](N)[C@H]1O. The molecule has 256 valence electrons. The minimum Gasteiger partial charge on any atom is -0.394 e. The van der Waals surface area contributed by atoms with Crippen molar-refractivity contribution in [2.24, 2.45) is 40.5 Å². The molecule has 2 amide bonds. The lowest BCUT2D eigenvalue weighted by Crippen LogP contribution is -2.70. The van der Waals surface area contributed by atoms with Crippen LogP contribution in [0.1, 0.15) is 25.7 Å². The fourth-order valence-electron chi connectivity index (χ4n) is 6.87. The molecule has 44 heavy (non-hydrogen) atoms. The van der Waals surface area contributed by atoms with Crippen molar-refractivity contribution in [3.63, 3.8) is 0 Å². The number of hydroxylamine groups is 2. The van der Waals surface area contributed by atoms with Crippen LogP contribution in [0.25, 0.3) is 0 Å². The molecule has 4 aliphatic rings. The van der Waals surface area contributed by atoms with E-state index in [4.69, 9.17) is 42.9 Å². The Morgan fingerprint density at radius 1 is 0.932 bits per heavy atom. The highest BCUT2D eigenvalue weighted by molar-refractivity contribution is 5.73. The van der Waals surface area contributed by atoms with Crippen molar-refractivity contribution in [1.82, 2.24) is 15.7 Å². The van der Waals surface area contributed by atoms with Crippen LogP contribution in [-0.4, -0.2) is 160 Å². The fraction of sp³-hybridized carbons (Fsp3) is 0.962. The number of urea groups is 1. The predicted molar refractivity (Wildman–Crippen MR) is 153 cm³/mol. The van der Waals surface area contributed by atoms with E-state index in [1.807, 2.05) is 0 Å². The minimum absolute atomic E-state index is 0.0159. The summed E-state index contributed by atoms with van der Waals surface area (Å²) in [7, 11) is 0. The van der Waals surface area contributed by atoms with Gasteiger partial charge >= 0.3 is 6.03 Å². The molecule has 2 aliphatic carbocycles. The Kier molecular flexibility index (Phi) is 12.5. The van der Waals surface area contributed by atoms with Crippen LogP contribution in [0.3, 0.4) is 0 Å². The van der Waals surface area contributed by atoms with Gasteiger partial charge in [0.2, 0.25) is 0 Å². The second-order valence-electron chi connectivity index (χ2n) is 12.6. The molecule has 0 bridgehead atoms. The van der Waals surface area contributed by atoms with E-state index < -0.39 is 97.8 Å². The number of nitrogens with one attached hydrogen (secondary N) is 2. The molecule has 4 fully saturated rings. The van der Waals surface area contributed by atoms with Crippen molar-refractivity contribution >= 4 is 6.03 Å². The van der Waals surface area contributed by atoms with Gasteiger partial charge in [-0.15, -0.1) is 0 Å². The lowest BCUT2D eigenvalue weighted by Gasteiger charge is -2.52. The molecule has 2 aliphatic heterocycles. The van der Waals surface area contributed by atoms with Gasteiger partial charge in [0.1, 0.15) is 24.4 Å². The summed E-state index contributed by atoms with van der Waals surface area (Å²) in [5.41, 5.74) is 29.9. The fourth-order valence-corrected chi connectivity index (χ4v) is 6.87. The summed E-state index contributed by atoms with van der Waals surface area (Å²) in [6, 6.07) is -4.23. The van der Waals surface area contributed by atoms with Crippen LogP contribution < -0.4 is 39.3 Å². The molecule has 2 heterocycles. The number of aliphatic hydroxyl groups is 5. The molecule has 18 nitrogen and oxygen atoms in total. The standard InChI is InChI=1S/C26H52N8O10/c27-1-2-34(41)26(40)33-14-5-12(30)18(21(38)24(14)44-25-22(39)19(31)20(37)17(9-35)43-25)23-13(6-15(36)16(7-28)42-23)32-8-10-3-11(29)4-10/h10-25,32,35-39,41H,1-9,27-31H2,(H,33,40)/t10?,11?,12-,13+,14+,15-,16+,17+,18?,19-,20+,21-,22+,23-,24-,25+/m0/s1. The molecule has 14 atom stereocenters. The van der Waals surface area contributed by atoms with Gasteiger partial charge in [0.25, 0.3) is 0 Å². The van der Waals surface area contributed by atoms with Gasteiger partial charge in [-0.3, -0.25) is 5.21 Å². The average molecular weight is 637 g/mol. The first-order valence-electron chi connectivity index (χ1n) is 15.4. The Bertz CT molecular complexity index is 922. The van der Waals surface area contributed by atoms with Gasteiger partial charge in [0, 0.05) is 37.1 Å². The van der Waals surface area contributed by atoms with Crippen molar-refractivity contribution in [1.29, 1.82) is 0 Å². The van der Waals surface area contributed by atoms with E-state index >= 15 is 0 Å². The van der Waals surface area contributed by atoms with Gasteiger partial charge in [-0.05, 0) is 38.1 Å². The third-order valence-corrected chi connectivity index (χ3v) is 9.47. The summed E-state index contributed by atoms with van der Waals surface area (Å²) in [5.74, 6) is -0.465. The van der Waals surface area contributed by atoms with Crippen molar-refractivity contribution in [2.75, 3.05) is 32.8 Å². The van der Waals surface area contributed by atoms with E-state index in [1.54, 1.807) is 0 Å². The van der Waals surface area contributed by atoms with Crippen LogP contribution in [0.15, 0.2) is 0 Å². The molecule has 18 N–H and O–H groups in total. The molecule has 18 heteroatoms. The predicted octanol–water partition coefficient (Wildman–Crippen LogP) is -6.25. The maximum absolute atomic E-state index is 12.7. The molecule has 0 radical (unpaired) electrons. The number of hydrogen-bond donors (Lipinski definition) is 13. The highest BCUT2D eigenvalue weighted by Crippen LogP contribution is 2.37. The summed E-state index contributed by atoms with van der Waals surface area (Å²) in [6.45, 7) is -0.171. The van der Waals surface area contributed by atoms with E-state index in [1.165, 1.54) is 0 Å². The maximum atomic E-state index is 12.7. The zero-order valence-electron chi connectivity index (χ0n) is 24.8. The van der Waals surface area contributed by atoms with Gasteiger partial charge < -0.3 is 79.0 Å². The summed E-state index contributed by atoms with van der Waals surface area (Å²) >= 11 is 0. The first-order valence-corrected chi connectivity index (χ1v) is 15.4. The van der Waals surface area contributed by atoms with E-state index in [-0.39, 0.29) is 38.5 Å². The number of nitrogens with two attached hydrogens (primary N) is 5. The number of ether oxygens (including phenoxy) is 3. The third-order valence-electron chi connectivity index (χ3n) is 9.47. The van der Waals surface area contributed by atoms with Crippen LogP contribution >= 0.6 is 0 Å². The lowest BCUT2D eigenvalue weighted by molar-refractivity contribution is -0.306. The zero-order valence-corrected chi connectivity index (χ0v) is 24.8. The Morgan fingerprint density at radius 3 is 2.25 bits per heavy atom. The monoisotopic (exact) mass is 636 g/mol. The number of nitrogens with zero attached hydrogens (tertiary/aromatic N) is 1. The smallest absolute Gasteiger partial charge is 0.341 e. The number of rotatable bonds is 11. The molecule has 2 saturated heterocycles. The van der Waals surface area contributed by atoms with Crippen molar-refractivity contribution in [3.05, 3.63) is 0 Å². The first-order chi connectivity index (χ1) is 20.9. The Morgan fingerprint density at radius 2 is 1.64 bits per heavy atom. The van der Waals surface area contributed by atoms with Crippen molar-refractivity contribution < 1.29 is 49.7 Å². The summed E-state index contributed by atoms with van der Waals surface area (Å²) < 4.78 is 18.0. The van der Waals surface area contributed by atoms with E-state index in [0.29, 0.717) is 17.5 Å². The highest BCUT2D eigenvalue weighted by Gasteiger charge is 2.54. The normalized spacial score (nSPS) is 46.2. The average Bonchev–Trinajstić information content (AvgIpc) is 2.97. The third kappa shape index (κ3) is 7.79. The van der Waals surface area contributed by atoms with E-state index in [9.17, 15) is 35.5 Å². The van der Waals surface area contributed by atoms with Crippen LogP contribution in [0.2, 0.25) is 0 Å². The topological polar surface area (TPSA) is 324 Å². The summed E-state index contributed by atoms with van der Waals surface area (Å²) in [4.78, 5) is 12.7. The van der Waals surface area contributed by atoms with Crippen molar-refractivity contribution in [2.45, 2.75) is 111 Å². The number of aliphatic hydroxyl groups excluding tert-OH is 5. The number of hydrogen-bond acceptors (Lipinski definition) is 16. The van der Waals surface area contributed by atoms with Gasteiger partial charge in [-0.2, -0.15) is 0 Å². The Balaban J connectivity index is 1.60. The van der Waals surface area contributed by atoms with Crippen LogP contribution in [0, 0.1) is 11.8 Å². The molecule has 4 rings (SSSR count). The second kappa shape index (κ2) is 15.5. The highest BCUT2D eigenvalue weighted by atomic mass is 16.7. The van der Waals surface area contributed by atoms with Crippen molar-refractivity contribution in [3.8, 4) is 0 Å². The quantitative estimate of drug-likeness (QED) is 0.0740. The summed E-state index contributed by atoms with van der Waals surface area (Å²) in [6.07, 6.45) is -8.70. The van der Waals surface area contributed by atoms with Gasteiger partial charge in [0.15, 0.2) is 6.29 Å². The molecule has 0 spiro atoms. The maximum Gasteiger partial charge on any atom is 0.341 e. The minimum atomic E-state index is -1.57. The molecule has 0 aromatic rings. The second-order valence-corrected chi connectivity index (χ2v) is 12.6. The first kappa shape index (κ1) is 35.5. The molecular formula is C26H52N8O10. The van der Waals surface area contributed by atoms with E-state index in [2.05, 4.69) is 10.6 Å². The molecular weight excluding hydrogens is 584 g/mol. The van der Waals surface area contributed by atoms with Gasteiger partial charge in [-0.25, -0.2) is 9.86 Å². The lowest BCUT2D eigenvalue weighted by atomic mass is 9.71. The number of carbonyl (C=O) groups is 1. The number of carbonyl (C=O) groups excluding carboxylic acids is 1. The zero-order chi connectivity index (χ0) is 32.3. The molecule has 1 unspecified atom stereocenters. The van der Waals surface area contributed by atoms with Crippen LogP contribution in [0.4, 0.5) is 4.79 Å². The Hall–Kier alpha value is -1.33. The number of amides is 2. The summed E-state index contributed by atoms with van der Waals surface area (Å²) in [5, 5.41) is 69.9. The van der Waals surface area contributed by atoms with Crippen LogP contribution in [0.5, 0.6) is 0 Å². The largest absolute Gasteiger partial charge is 0.394 e. The molecule has 0 aromatic heterocycles. The van der Waals surface area contributed by atoms with Gasteiger partial charge in [0.05, 0.1) is 49.7 Å². The van der Waals surface area contributed by atoms with E-state index in [0.717, 1.165) is 12.8 Å². The van der Waals surface area contributed by atoms with Crippen LogP contribution in [-0.2, 0) is 14.2 Å². The van der Waals surface area contributed by atoms with Gasteiger partial charge in [-0.1, -0.05) is 0 Å².